The van der Waals surface area contributed by atoms with Crippen LogP contribution in [0.2, 0.25) is 0 Å². The van der Waals surface area contributed by atoms with Crippen molar-refractivity contribution in [1.82, 2.24) is 4.57 Å². The van der Waals surface area contributed by atoms with Gasteiger partial charge >= 0.3 is 5.97 Å². The number of hydrogen-bond acceptors (Lipinski definition) is 3. The molecule has 0 atom stereocenters. The minimum Gasteiger partial charge on any atom is -0.466 e. The quantitative estimate of drug-likeness (QED) is 0.685. The summed E-state index contributed by atoms with van der Waals surface area (Å²) in [7, 11) is 0. The normalized spacial score (nSPS) is 13.4. The van der Waals surface area contributed by atoms with E-state index < -0.39 is 0 Å². The highest BCUT2D eigenvalue weighted by Crippen LogP contribution is 2.30. The number of nitrogens with zero attached hydrogens (tertiary/aromatic N) is 2. The fraction of sp³-hybridized carbons (Fsp3) is 0.238. The average Bonchev–Trinajstić information content (AvgIpc) is 2.97. The Morgan fingerprint density at radius 3 is 2.68 bits per heavy atom. The molecule has 0 saturated heterocycles. The lowest BCUT2D eigenvalue weighted by molar-refractivity contribution is -0.142. The number of esters is 1. The van der Waals surface area contributed by atoms with E-state index in [9.17, 15) is 4.79 Å². The molecule has 2 heterocycles. The summed E-state index contributed by atoms with van der Waals surface area (Å²) in [5.74, 6) is 0.776. The fourth-order valence-electron chi connectivity index (χ4n) is 3.56. The van der Waals surface area contributed by atoms with Gasteiger partial charge in [-0.2, -0.15) is 0 Å². The van der Waals surface area contributed by atoms with Crippen molar-refractivity contribution in [3.63, 3.8) is 0 Å². The molecular formula is C21H20N2O2. The third-order valence-corrected chi connectivity index (χ3v) is 4.57. The first-order chi connectivity index (χ1) is 12.3. The van der Waals surface area contributed by atoms with E-state index in [1.807, 2.05) is 37.3 Å². The van der Waals surface area contributed by atoms with Gasteiger partial charge in [-0.25, -0.2) is 0 Å². The summed E-state index contributed by atoms with van der Waals surface area (Å²) >= 11 is 0. The lowest BCUT2D eigenvalue weighted by Crippen LogP contribution is -2.23. The Kier molecular flexibility index (Phi) is 4.10. The Morgan fingerprint density at radius 1 is 1.12 bits per heavy atom. The third kappa shape index (κ3) is 2.74. The van der Waals surface area contributed by atoms with E-state index in [0.717, 1.165) is 40.8 Å². The molecular weight excluding hydrogens is 312 g/mol. The maximum atomic E-state index is 12.1. The number of ether oxygens (including phenoxy) is 1. The van der Waals surface area contributed by atoms with Crippen molar-refractivity contribution in [2.75, 3.05) is 13.2 Å². The van der Waals surface area contributed by atoms with Crippen LogP contribution in [-0.2, 0) is 22.4 Å². The number of benzene rings is 2. The van der Waals surface area contributed by atoms with E-state index in [1.54, 1.807) is 0 Å². The minimum atomic E-state index is -0.176. The Balaban J connectivity index is 1.90. The third-order valence-electron chi connectivity index (χ3n) is 4.57. The van der Waals surface area contributed by atoms with Gasteiger partial charge in [-0.15, -0.1) is 0 Å². The number of hydrogen-bond donors (Lipinski definition) is 0. The maximum absolute atomic E-state index is 12.1. The standard InChI is InChI=1S/C21H20N2O2/c1-2-25-20(24)14-17-16-10-6-7-11-18(16)23-19(17)12-13-22-21(23)15-8-4-3-5-9-15/h3-11H,2,12-14H2,1H3. The number of carbonyl (C=O) groups excluding carboxylic acids is 1. The summed E-state index contributed by atoms with van der Waals surface area (Å²) in [6.07, 6.45) is 1.14. The van der Waals surface area contributed by atoms with Gasteiger partial charge in [0, 0.05) is 29.6 Å². The molecule has 0 saturated carbocycles. The summed E-state index contributed by atoms with van der Waals surface area (Å²) < 4.78 is 7.40. The van der Waals surface area contributed by atoms with E-state index in [-0.39, 0.29) is 5.97 Å². The number of aromatic nitrogens is 1. The zero-order chi connectivity index (χ0) is 17.2. The lowest BCUT2D eigenvalue weighted by Gasteiger charge is -2.19. The Morgan fingerprint density at radius 2 is 1.88 bits per heavy atom. The molecule has 0 amide bonds. The Labute approximate surface area is 146 Å². The molecule has 0 spiro atoms. The zero-order valence-corrected chi connectivity index (χ0v) is 14.2. The van der Waals surface area contributed by atoms with Crippen molar-refractivity contribution < 1.29 is 9.53 Å². The van der Waals surface area contributed by atoms with Gasteiger partial charge in [0.25, 0.3) is 0 Å². The summed E-state index contributed by atoms with van der Waals surface area (Å²) in [5.41, 5.74) is 4.42. The Hall–Kier alpha value is -2.88. The molecule has 25 heavy (non-hydrogen) atoms. The van der Waals surface area contributed by atoms with Crippen LogP contribution in [0.1, 0.15) is 23.7 Å². The fourth-order valence-corrected chi connectivity index (χ4v) is 3.56. The average molecular weight is 332 g/mol. The predicted molar refractivity (Wildman–Crippen MR) is 99.2 cm³/mol. The van der Waals surface area contributed by atoms with Gasteiger partial charge in [0.2, 0.25) is 0 Å². The van der Waals surface area contributed by atoms with Crippen LogP contribution in [-0.4, -0.2) is 29.5 Å². The van der Waals surface area contributed by atoms with Gasteiger partial charge < -0.3 is 4.74 Å². The smallest absolute Gasteiger partial charge is 0.310 e. The first-order valence-electron chi connectivity index (χ1n) is 8.66. The highest BCUT2D eigenvalue weighted by molar-refractivity contribution is 6.08. The van der Waals surface area contributed by atoms with Crippen molar-refractivity contribution in [2.45, 2.75) is 19.8 Å². The van der Waals surface area contributed by atoms with Crippen LogP contribution < -0.4 is 0 Å². The van der Waals surface area contributed by atoms with Crippen LogP contribution in [0.4, 0.5) is 0 Å². The van der Waals surface area contributed by atoms with Crippen molar-refractivity contribution in [3.8, 4) is 0 Å². The Bertz CT molecular complexity index is 955. The molecule has 3 aromatic rings. The second-order valence-corrected chi connectivity index (χ2v) is 6.08. The van der Waals surface area contributed by atoms with Gasteiger partial charge in [0.1, 0.15) is 5.84 Å². The van der Waals surface area contributed by atoms with Gasteiger partial charge in [-0.1, -0.05) is 48.5 Å². The topological polar surface area (TPSA) is 43.6 Å². The number of para-hydroxylation sites is 1. The SMILES string of the molecule is CCOC(=O)Cc1c2n(c3ccccc13)C(c1ccccc1)=NCC2. The van der Waals surface area contributed by atoms with Crippen molar-refractivity contribution in [2.24, 2.45) is 4.99 Å². The van der Waals surface area contributed by atoms with Crippen molar-refractivity contribution in [3.05, 3.63) is 71.4 Å². The molecule has 0 N–H and O–H groups in total. The van der Waals surface area contributed by atoms with E-state index in [1.165, 1.54) is 5.69 Å². The van der Waals surface area contributed by atoms with Crippen LogP contribution in [0.15, 0.2) is 59.6 Å². The van der Waals surface area contributed by atoms with Crippen LogP contribution in [0.3, 0.4) is 0 Å². The lowest BCUT2D eigenvalue weighted by atomic mass is 10.1. The second kappa shape index (κ2) is 6.55. The molecule has 1 aliphatic rings. The number of fused-ring (bicyclic) bond motifs is 3. The second-order valence-electron chi connectivity index (χ2n) is 6.08. The molecule has 4 nitrogen and oxygen atoms in total. The summed E-state index contributed by atoms with van der Waals surface area (Å²) in [4.78, 5) is 16.9. The summed E-state index contributed by atoms with van der Waals surface area (Å²) in [6, 6.07) is 18.4. The number of rotatable bonds is 4. The largest absolute Gasteiger partial charge is 0.466 e. The molecule has 1 aliphatic heterocycles. The van der Waals surface area contributed by atoms with Crippen LogP contribution in [0.25, 0.3) is 10.9 Å². The molecule has 4 heteroatoms. The van der Waals surface area contributed by atoms with Gasteiger partial charge in [-0.3, -0.25) is 14.4 Å². The molecule has 0 bridgehead atoms. The molecule has 4 rings (SSSR count). The zero-order valence-electron chi connectivity index (χ0n) is 14.2. The maximum Gasteiger partial charge on any atom is 0.310 e. The van der Waals surface area contributed by atoms with Gasteiger partial charge in [0.15, 0.2) is 0 Å². The summed E-state index contributed by atoms with van der Waals surface area (Å²) in [6.45, 7) is 2.98. The predicted octanol–water partition coefficient (Wildman–Crippen LogP) is 3.60. The molecule has 2 aromatic carbocycles. The van der Waals surface area contributed by atoms with E-state index in [2.05, 4.69) is 28.8 Å². The first-order valence-corrected chi connectivity index (χ1v) is 8.66. The van der Waals surface area contributed by atoms with Crippen molar-refractivity contribution >= 4 is 22.7 Å². The van der Waals surface area contributed by atoms with E-state index in [4.69, 9.17) is 9.73 Å². The van der Waals surface area contributed by atoms with Crippen LogP contribution >= 0.6 is 0 Å². The van der Waals surface area contributed by atoms with Crippen LogP contribution in [0.5, 0.6) is 0 Å². The first kappa shape index (κ1) is 15.6. The minimum absolute atomic E-state index is 0.176. The molecule has 0 unspecified atom stereocenters. The van der Waals surface area contributed by atoms with E-state index in [0.29, 0.717) is 13.0 Å². The molecule has 1 aromatic heterocycles. The van der Waals surface area contributed by atoms with Gasteiger partial charge in [0.05, 0.1) is 18.5 Å². The summed E-state index contributed by atoms with van der Waals surface area (Å²) in [5, 5.41) is 1.11. The highest BCUT2D eigenvalue weighted by Gasteiger charge is 2.24. The molecule has 0 radical (unpaired) electrons. The van der Waals surface area contributed by atoms with Crippen molar-refractivity contribution in [1.29, 1.82) is 0 Å². The van der Waals surface area contributed by atoms with E-state index >= 15 is 0 Å². The van der Waals surface area contributed by atoms with Crippen LogP contribution in [0, 0.1) is 0 Å². The molecule has 0 aliphatic carbocycles. The number of aliphatic imine (C=N–C) groups is 1. The molecule has 126 valence electrons. The molecule has 0 fully saturated rings. The monoisotopic (exact) mass is 332 g/mol. The number of carbonyl (C=O) groups is 1. The van der Waals surface area contributed by atoms with Gasteiger partial charge in [-0.05, 0) is 18.6 Å². The highest BCUT2D eigenvalue weighted by atomic mass is 16.5.